The van der Waals surface area contributed by atoms with Crippen molar-refractivity contribution in [3.05, 3.63) is 41.0 Å². The Balaban J connectivity index is 1.78. The van der Waals surface area contributed by atoms with Crippen LogP contribution in [0.2, 0.25) is 0 Å². The van der Waals surface area contributed by atoms with Crippen LogP contribution in [0.5, 0.6) is 5.75 Å². The smallest absolute Gasteiger partial charge is 0.187 e. The number of benzene rings is 1. The van der Waals surface area contributed by atoms with E-state index in [1.54, 1.807) is 0 Å². The molecule has 0 unspecified atom stereocenters. The second kappa shape index (κ2) is 6.66. The first-order chi connectivity index (χ1) is 9.16. The number of halogens is 2. The topological polar surface area (TPSA) is 32.3 Å². The van der Waals surface area contributed by atoms with Gasteiger partial charge in [-0.05, 0) is 56.3 Å². The predicted molar refractivity (Wildman–Crippen MR) is 70.9 cm³/mol. The van der Waals surface area contributed by atoms with Gasteiger partial charge in [-0.3, -0.25) is 0 Å². The minimum absolute atomic E-state index is 0.404. The molecule has 0 atom stereocenters. The molecule has 0 bridgehead atoms. The molecule has 0 aliphatic heterocycles. The van der Waals surface area contributed by atoms with Crippen LogP contribution in [0.25, 0.3) is 0 Å². The molecule has 2 nitrogen and oxygen atoms in total. The summed E-state index contributed by atoms with van der Waals surface area (Å²) in [4.78, 5) is 0. The van der Waals surface area contributed by atoms with Crippen LogP contribution in [0.15, 0.2) is 23.8 Å². The molecule has 19 heavy (non-hydrogen) atoms. The van der Waals surface area contributed by atoms with Gasteiger partial charge in [0.25, 0.3) is 0 Å². The van der Waals surface area contributed by atoms with E-state index in [-0.39, 0.29) is 0 Å². The Morgan fingerprint density at radius 1 is 1.16 bits per heavy atom. The van der Waals surface area contributed by atoms with Gasteiger partial charge in [-0.15, -0.1) is 0 Å². The van der Waals surface area contributed by atoms with Crippen molar-refractivity contribution in [1.29, 1.82) is 0 Å². The van der Waals surface area contributed by atoms with Crippen LogP contribution in [0.4, 0.5) is 8.78 Å². The first-order valence-electron chi connectivity index (χ1n) is 6.72. The quantitative estimate of drug-likeness (QED) is 0.630. The molecule has 1 aliphatic carbocycles. The summed E-state index contributed by atoms with van der Waals surface area (Å²) in [6.45, 7) is 1.21. The van der Waals surface area contributed by atoms with E-state index in [9.17, 15) is 8.78 Å². The standard InChI is InChI=1S/C15H19F2NO/c16-13-8-12(9-14(17)15(13)19)10-18-7-6-11-4-2-1-3-5-11/h4,8-9,18-19H,1-3,5-7,10H2. The number of aromatic hydroxyl groups is 1. The number of hydrogen-bond acceptors (Lipinski definition) is 2. The molecule has 1 aromatic carbocycles. The molecule has 0 amide bonds. The van der Waals surface area contributed by atoms with Crippen LogP contribution in [0, 0.1) is 11.6 Å². The Kier molecular flexibility index (Phi) is 4.91. The van der Waals surface area contributed by atoms with Crippen molar-refractivity contribution in [2.75, 3.05) is 6.54 Å². The van der Waals surface area contributed by atoms with Gasteiger partial charge in [0.2, 0.25) is 0 Å². The highest BCUT2D eigenvalue weighted by atomic mass is 19.1. The van der Waals surface area contributed by atoms with Crippen molar-refractivity contribution in [2.24, 2.45) is 0 Å². The Labute approximate surface area is 112 Å². The Morgan fingerprint density at radius 2 is 1.89 bits per heavy atom. The fourth-order valence-corrected chi connectivity index (χ4v) is 2.33. The largest absolute Gasteiger partial charge is 0.503 e. The summed E-state index contributed by atoms with van der Waals surface area (Å²) in [6.07, 6.45) is 8.17. The molecule has 0 spiro atoms. The van der Waals surface area contributed by atoms with Gasteiger partial charge < -0.3 is 10.4 Å². The molecule has 1 aliphatic rings. The molecule has 2 N–H and O–H groups in total. The minimum atomic E-state index is -0.910. The maximum atomic E-state index is 13.1. The normalized spacial score (nSPS) is 15.4. The maximum Gasteiger partial charge on any atom is 0.187 e. The number of phenols is 1. The second-order valence-corrected chi connectivity index (χ2v) is 4.94. The Morgan fingerprint density at radius 3 is 2.53 bits per heavy atom. The van der Waals surface area contributed by atoms with Crippen LogP contribution in [-0.4, -0.2) is 11.7 Å². The summed E-state index contributed by atoms with van der Waals surface area (Å²) in [5.41, 5.74) is 1.98. The fourth-order valence-electron chi connectivity index (χ4n) is 2.33. The Bertz CT molecular complexity index is 448. The molecular weight excluding hydrogens is 248 g/mol. The van der Waals surface area contributed by atoms with Gasteiger partial charge in [0.05, 0.1) is 0 Å². The van der Waals surface area contributed by atoms with Crippen LogP contribution in [0.1, 0.15) is 37.7 Å². The zero-order chi connectivity index (χ0) is 13.7. The molecule has 0 radical (unpaired) electrons. The predicted octanol–water partition coefficient (Wildman–Crippen LogP) is 3.65. The van der Waals surface area contributed by atoms with Crippen molar-refractivity contribution in [1.82, 2.24) is 5.32 Å². The zero-order valence-corrected chi connectivity index (χ0v) is 10.9. The minimum Gasteiger partial charge on any atom is -0.503 e. The molecule has 0 saturated carbocycles. The van der Waals surface area contributed by atoms with Gasteiger partial charge in [0, 0.05) is 6.54 Å². The van der Waals surface area contributed by atoms with Crippen molar-refractivity contribution in [3.8, 4) is 5.75 Å². The lowest BCUT2D eigenvalue weighted by Gasteiger charge is -2.13. The first-order valence-corrected chi connectivity index (χ1v) is 6.72. The third kappa shape index (κ3) is 4.03. The zero-order valence-electron chi connectivity index (χ0n) is 10.9. The van der Waals surface area contributed by atoms with E-state index >= 15 is 0 Å². The van der Waals surface area contributed by atoms with Crippen molar-refractivity contribution in [2.45, 2.75) is 38.6 Å². The molecule has 4 heteroatoms. The van der Waals surface area contributed by atoms with Gasteiger partial charge in [-0.1, -0.05) is 11.6 Å². The maximum absolute atomic E-state index is 13.1. The van der Waals surface area contributed by atoms with E-state index in [4.69, 9.17) is 5.11 Å². The average Bonchev–Trinajstić information content (AvgIpc) is 2.42. The van der Waals surface area contributed by atoms with Crippen LogP contribution in [-0.2, 0) is 6.54 Å². The Hall–Kier alpha value is -1.42. The third-order valence-corrected chi connectivity index (χ3v) is 3.41. The first kappa shape index (κ1) is 14.0. The van der Waals surface area contributed by atoms with E-state index in [0.29, 0.717) is 12.1 Å². The van der Waals surface area contributed by atoms with Crippen molar-refractivity contribution in [3.63, 3.8) is 0 Å². The van der Waals surface area contributed by atoms with E-state index in [2.05, 4.69) is 11.4 Å². The summed E-state index contributed by atoms with van der Waals surface area (Å²) >= 11 is 0. The second-order valence-electron chi connectivity index (χ2n) is 4.94. The number of hydrogen-bond donors (Lipinski definition) is 2. The lowest BCUT2D eigenvalue weighted by molar-refractivity contribution is 0.395. The van der Waals surface area contributed by atoms with Crippen molar-refractivity contribution < 1.29 is 13.9 Å². The molecule has 0 heterocycles. The molecule has 104 valence electrons. The van der Waals surface area contributed by atoms with Gasteiger partial charge in [-0.25, -0.2) is 8.78 Å². The van der Waals surface area contributed by atoms with E-state index in [1.807, 2.05) is 0 Å². The summed E-state index contributed by atoms with van der Waals surface area (Å²) in [5, 5.41) is 12.2. The highest BCUT2D eigenvalue weighted by molar-refractivity contribution is 5.29. The molecule has 0 saturated heterocycles. The number of phenolic OH excluding ortho intramolecular Hbond substituents is 1. The SMILES string of the molecule is Oc1c(F)cc(CNCCC2=CCCCC2)cc1F. The third-order valence-electron chi connectivity index (χ3n) is 3.41. The van der Waals surface area contributed by atoms with E-state index in [1.165, 1.54) is 31.3 Å². The molecule has 0 fully saturated rings. The number of nitrogens with one attached hydrogen (secondary N) is 1. The molecular formula is C15H19F2NO. The van der Waals surface area contributed by atoms with Crippen molar-refractivity contribution >= 4 is 0 Å². The van der Waals surface area contributed by atoms with Gasteiger partial charge in [0.1, 0.15) is 0 Å². The van der Waals surface area contributed by atoms with E-state index in [0.717, 1.165) is 25.1 Å². The summed E-state index contributed by atoms with van der Waals surface area (Å²) in [5.74, 6) is -2.73. The van der Waals surface area contributed by atoms with Gasteiger partial charge >= 0.3 is 0 Å². The van der Waals surface area contributed by atoms with Gasteiger partial charge in [0.15, 0.2) is 17.4 Å². The van der Waals surface area contributed by atoms with Crippen LogP contribution >= 0.6 is 0 Å². The van der Waals surface area contributed by atoms with E-state index < -0.39 is 17.4 Å². The lowest BCUT2D eigenvalue weighted by Crippen LogP contribution is -2.16. The summed E-state index contributed by atoms with van der Waals surface area (Å²) < 4.78 is 26.2. The number of allylic oxidation sites excluding steroid dienone is 1. The molecule has 0 aromatic heterocycles. The number of rotatable bonds is 5. The van der Waals surface area contributed by atoms with Gasteiger partial charge in [-0.2, -0.15) is 0 Å². The average molecular weight is 267 g/mol. The highest BCUT2D eigenvalue weighted by Gasteiger charge is 2.09. The lowest BCUT2D eigenvalue weighted by atomic mass is 9.97. The fraction of sp³-hybridized carbons (Fsp3) is 0.467. The highest BCUT2D eigenvalue weighted by Crippen LogP contribution is 2.22. The van der Waals surface area contributed by atoms with Crippen LogP contribution in [0.3, 0.4) is 0 Å². The monoisotopic (exact) mass is 267 g/mol. The molecule has 2 rings (SSSR count). The summed E-state index contributed by atoms with van der Waals surface area (Å²) in [6, 6.07) is 2.32. The molecule has 1 aromatic rings. The summed E-state index contributed by atoms with van der Waals surface area (Å²) in [7, 11) is 0. The van der Waals surface area contributed by atoms with Crippen LogP contribution < -0.4 is 5.32 Å².